The first-order valence-corrected chi connectivity index (χ1v) is 8.47. The van der Waals surface area contributed by atoms with Crippen LogP contribution in [-0.4, -0.2) is 11.8 Å². The molecule has 0 radical (unpaired) electrons. The molecule has 0 fully saturated rings. The number of benzene rings is 2. The van der Waals surface area contributed by atoms with E-state index in [4.69, 9.17) is 9.47 Å². The van der Waals surface area contributed by atoms with Gasteiger partial charge in [-0.15, -0.1) is 0 Å². The standard InChI is InChI=1S/C21H28O3/c1-20(2,3)14-13-15-9-7-11-17-16(15)10-8-12-18(17)23-19(22)24-21(4,5)6/h7-12H,13-14H2,1-6H3. The zero-order valence-corrected chi connectivity index (χ0v) is 15.6. The predicted molar refractivity (Wildman–Crippen MR) is 98.6 cm³/mol. The van der Waals surface area contributed by atoms with Gasteiger partial charge in [-0.3, -0.25) is 0 Å². The van der Waals surface area contributed by atoms with E-state index in [9.17, 15) is 4.79 Å². The van der Waals surface area contributed by atoms with Crippen molar-refractivity contribution < 1.29 is 14.3 Å². The molecule has 0 aromatic heterocycles. The molecule has 0 amide bonds. The topological polar surface area (TPSA) is 35.5 Å². The Morgan fingerprint density at radius 3 is 2.17 bits per heavy atom. The highest BCUT2D eigenvalue weighted by atomic mass is 16.7. The minimum Gasteiger partial charge on any atom is -0.428 e. The predicted octanol–water partition coefficient (Wildman–Crippen LogP) is 6.13. The van der Waals surface area contributed by atoms with E-state index in [1.807, 2.05) is 39.0 Å². The summed E-state index contributed by atoms with van der Waals surface area (Å²) >= 11 is 0. The van der Waals surface area contributed by atoms with Gasteiger partial charge in [0.05, 0.1) is 0 Å². The lowest BCUT2D eigenvalue weighted by Crippen LogP contribution is -2.26. The van der Waals surface area contributed by atoms with Crippen molar-refractivity contribution >= 4 is 16.9 Å². The molecule has 2 aromatic rings. The SMILES string of the molecule is CC(C)(C)CCc1cccc2c(OC(=O)OC(C)(C)C)cccc12. The Morgan fingerprint density at radius 2 is 1.54 bits per heavy atom. The van der Waals surface area contributed by atoms with Crippen LogP contribution in [0.2, 0.25) is 0 Å². The highest BCUT2D eigenvalue weighted by Gasteiger charge is 2.19. The van der Waals surface area contributed by atoms with Crippen LogP contribution in [0.4, 0.5) is 4.79 Å². The normalized spacial score (nSPS) is 12.2. The van der Waals surface area contributed by atoms with Crippen molar-refractivity contribution in [2.24, 2.45) is 5.41 Å². The molecular formula is C21H28O3. The molecule has 3 nitrogen and oxygen atoms in total. The number of aryl methyl sites for hydroxylation is 1. The van der Waals surface area contributed by atoms with Crippen molar-refractivity contribution in [1.29, 1.82) is 0 Å². The van der Waals surface area contributed by atoms with Crippen molar-refractivity contribution in [3.05, 3.63) is 42.0 Å². The first kappa shape index (κ1) is 18.3. The summed E-state index contributed by atoms with van der Waals surface area (Å²) in [5, 5.41) is 2.07. The molecule has 0 heterocycles. The zero-order chi connectivity index (χ0) is 18.0. The van der Waals surface area contributed by atoms with Crippen LogP contribution in [0.3, 0.4) is 0 Å². The minimum atomic E-state index is -0.671. The average Bonchev–Trinajstić information content (AvgIpc) is 2.42. The molecule has 0 spiro atoms. The summed E-state index contributed by atoms with van der Waals surface area (Å²) in [6.45, 7) is 12.2. The lowest BCUT2D eigenvalue weighted by Gasteiger charge is -2.20. The Morgan fingerprint density at radius 1 is 0.917 bits per heavy atom. The molecule has 0 aliphatic heterocycles. The van der Waals surface area contributed by atoms with Crippen molar-refractivity contribution in [2.75, 3.05) is 0 Å². The van der Waals surface area contributed by atoms with Gasteiger partial charge in [0, 0.05) is 5.39 Å². The van der Waals surface area contributed by atoms with Gasteiger partial charge in [-0.05, 0) is 56.0 Å². The van der Waals surface area contributed by atoms with Crippen molar-refractivity contribution in [3.63, 3.8) is 0 Å². The summed E-state index contributed by atoms with van der Waals surface area (Å²) in [6, 6.07) is 11.9. The molecule has 0 aliphatic rings. The van der Waals surface area contributed by atoms with Crippen LogP contribution >= 0.6 is 0 Å². The summed E-state index contributed by atoms with van der Waals surface area (Å²) in [5.74, 6) is 0.541. The first-order valence-electron chi connectivity index (χ1n) is 8.47. The molecule has 0 aliphatic carbocycles. The van der Waals surface area contributed by atoms with Crippen LogP contribution in [0.15, 0.2) is 36.4 Å². The van der Waals surface area contributed by atoms with Gasteiger partial charge >= 0.3 is 6.16 Å². The maximum atomic E-state index is 12.0. The molecule has 0 unspecified atom stereocenters. The van der Waals surface area contributed by atoms with Gasteiger partial charge in [0.25, 0.3) is 0 Å². The Labute approximate surface area is 145 Å². The quantitative estimate of drug-likeness (QED) is 0.502. The zero-order valence-electron chi connectivity index (χ0n) is 15.6. The highest BCUT2D eigenvalue weighted by molar-refractivity contribution is 5.92. The Hall–Kier alpha value is -2.03. The van der Waals surface area contributed by atoms with Crippen LogP contribution in [0.5, 0.6) is 5.75 Å². The number of rotatable bonds is 3. The summed E-state index contributed by atoms with van der Waals surface area (Å²) in [6.07, 6.45) is 1.43. The number of carbonyl (C=O) groups is 1. The molecule has 0 bridgehead atoms. The van der Waals surface area contributed by atoms with Crippen LogP contribution in [0.1, 0.15) is 53.5 Å². The van der Waals surface area contributed by atoms with E-state index < -0.39 is 11.8 Å². The fourth-order valence-corrected chi connectivity index (χ4v) is 2.52. The third-order valence-corrected chi connectivity index (χ3v) is 3.70. The average molecular weight is 328 g/mol. The van der Waals surface area contributed by atoms with Gasteiger partial charge < -0.3 is 9.47 Å². The number of carbonyl (C=O) groups excluding carboxylic acids is 1. The second kappa shape index (κ2) is 6.84. The van der Waals surface area contributed by atoms with E-state index in [2.05, 4.69) is 32.9 Å². The van der Waals surface area contributed by atoms with Crippen LogP contribution in [0.25, 0.3) is 10.8 Å². The lowest BCUT2D eigenvalue weighted by molar-refractivity contribution is 0.0209. The first-order chi connectivity index (χ1) is 11.1. The van der Waals surface area contributed by atoms with Gasteiger partial charge in [0.2, 0.25) is 0 Å². The molecule has 0 saturated heterocycles. The van der Waals surface area contributed by atoms with E-state index in [0.717, 1.165) is 23.6 Å². The third-order valence-electron chi connectivity index (χ3n) is 3.70. The summed E-state index contributed by atoms with van der Waals surface area (Å²) in [5.41, 5.74) is 0.990. The Kier molecular flexibility index (Phi) is 5.22. The van der Waals surface area contributed by atoms with E-state index in [1.54, 1.807) is 6.07 Å². The number of ether oxygens (including phenoxy) is 2. The third kappa shape index (κ3) is 5.26. The molecule has 130 valence electrons. The minimum absolute atomic E-state index is 0.285. The van der Waals surface area contributed by atoms with Gasteiger partial charge in [0.15, 0.2) is 0 Å². The van der Waals surface area contributed by atoms with Crippen molar-refractivity contribution in [1.82, 2.24) is 0 Å². The maximum absolute atomic E-state index is 12.0. The van der Waals surface area contributed by atoms with Gasteiger partial charge in [-0.25, -0.2) is 4.79 Å². The largest absolute Gasteiger partial charge is 0.514 e. The maximum Gasteiger partial charge on any atom is 0.514 e. The fraction of sp³-hybridized carbons (Fsp3) is 0.476. The molecule has 2 rings (SSSR count). The van der Waals surface area contributed by atoms with Crippen LogP contribution in [0, 0.1) is 5.41 Å². The van der Waals surface area contributed by atoms with E-state index in [-0.39, 0.29) is 5.41 Å². The second-order valence-corrected chi connectivity index (χ2v) is 8.40. The summed E-state index contributed by atoms with van der Waals surface area (Å²) < 4.78 is 10.7. The molecule has 24 heavy (non-hydrogen) atoms. The lowest BCUT2D eigenvalue weighted by atomic mass is 9.87. The molecular weight excluding hydrogens is 300 g/mol. The molecule has 0 atom stereocenters. The monoisotopic (exact) mass is 328 g/mol. The molecule has 0 saturated carbocycles. The number of hydrogen-bond acceptors (Lipinski definition) is 3. The molecule has 0 N–H and O–H groups in total. The van der Waals surface area contributed by atoms with Crippen LogP contribution < -0.4 is 4.74 Å². The number of fused-ring (bicyclic) bond motifs is 1. The Balaban J connectivity index is 2.28. The Bertz CT molecular complexity index is 718. The highest BCUT2D eigenvalue weighted by Crippen LogP contribution is 2.31. The number of hydrogen-bond donors (Lipinski definition) is 0. The van der Waals surface area contributed by atoms with E-state index in [1.165, 1.54) is 5.56 Å². The van der Waals surface area contributed by atoms with Crippen LogP contribution in [-0.2, 0) is 11.2 Å². The fourth-order valence-electron chi connectivity index (χ4n) is 2.52. The van der Waals surface area contributed by atoms with E-state index >= 15 is 0 Å². The molecule has 2 aromatic carbocycles. The van der Waals surface area contributed by atoms with Gasteiger partial charge in [-0.1, -0.05) is 51.1 Å². The van der Waals surface area contributed by atoms with Crippen molar-refractivity contribution in [3.8, 4) is 5.75 Å². The smallest absolute Gasteiger partial charge is 0.428 e. The van der Waals surface area contributed by atoms with Crippen molar-refractivity contribution in [2.45, 2.75) is 60.0 Å². The van der Waals surface area contributed by atoms with Gasteiger partial charge in [0.1, 0.15) is 11.4 Å². The van der Waals surface area contributed by atoms with Gasteiger partial charge in [-0.2, -0.15) is 0 Å². The molecule has 3 heteroatoms. The summed E-state index contributed by atoms with van der Waals surface area (Å²) in [4.78, 5) is 12.0. The van der Waals surface area contributed by atoms with E-state index in [0.29, 0.717) is 5.75 Å². The second-order valence-electron chi connectivity index (χ2n) is 8.40. The summed E-state index contributed by atoms with van der Waals surface area (Å²) in [7, 11) is 0.